The van der Waals surface area contributed by atoms with E-state index in [1.54, 1.807) is 0 Å². The summed E-state index contributed by atoms with van der Waals surface area (Å²) in [5.74, 6) is -0.952. The number of aromatic hydroxyl groups is 1. The van der Waals surface area contributed by atoms with E-state index in [-0.39, 0.29) is 23.7 Å². The lowest BCUT2D eigenvalue weighted by atomic mass is 10.1. The van der Waals surface area contributed by atoms with E-state index in [2.05, 4.69) is 16.9 Å². The van der Waals surface area contributed by atoms with Crippen molar-refractivity contribution in [2.75, 3.05) is 6.54 Å². The summed E-state index contributed by atoms with van der Waals surface area (Å²) in [5, 5.41) is 21.3. The van der Waals surface area contributed by atoms with Crippen LogP contribution in [0.5, 0.6) is 5.75 Å². The molecular weight excluding hydrogens is 268 g/mol. The van der Waals surface area contributed by atoms with Crippen LogP contribution in [0.25, 0.3) is 11.1 Å². The highest BCUT2D eigenvalue weighted by Gasteiger charge is 2.14. The van der Waals surface area contributed by atoms with E-state index >= 15 is 0 Å². The molecule has 2 aromatic rings. The summed E-state index contributed by atoms with van der Waals surface area (Å²) in [6.45, 7) is 5.17. The maximum Gasteiger partial charge on any atom is 0.274 e. The Morgan fingerprint density at radius 3 is 2.52 bits per heavy atom. The zero-order chi connectivity index (χ0) is 15.4. The van der Waals surface area contributed by atoms with Crippen molar-refractivity contribution in [1.29, 1.82) is 0 Å². The summed E-state index contributed by atoms with van der Waals surface area (Å²) < 4.78 is 0. The molecule has 0 spiro atoms. The Balaban J connectivity index is 2.23. The molecule has 0 aliphatic rings. The molecular formula is C16H16N2O3. The van der Waals surface area contributed by atoms with Gasteiger partial charge in [-0.1, -0.05) is 36.4 Å². The van der Waals surface area contributed by atoms with Gasteiger partial charge in [-0.2, -0.15) is 0 Å². The summed E-state index contributed by atoms with van der Waals surface area (Å²) in [4.78, 5) is 15.8. The lowest BCUT2D eigenvalue weighted by molar-refractivity contribution is 0.0944. The molecule has 108 valence electrons. The maximum atomic E-state index is 11.8. The highest BCUT2D eigenvalue weighted by molar-refractivity contribution is 5.95. The number of aromatic nitrogens is 1. The Morgan fingerprint density at radius 2 is 1.95 bits per heavy atom. The van der Waals surface area contributed by atoms with Crippen LogP contribution in [0.3, 0.4) is 0 Å². The van der Waals surface area contributed by atoms with Crippen LogP contribution in [-0.2, 0) is 0 Å². The van der Waals surface area contributed by atoms with Crippen molar-refractivity contribution in [2.45, 2.75) is 6.92 Å². The topological polar surface area (TPSA) is 82.5 Å². The number of aliphatic hydroxyl groups is 1. The van der Waals surface area contributed by atoms with Crippen molar-refractivity contribution in [2.24, 2.45) is 0 Å². The number of carbonyl (C=O) groups excluding carboxylic acids is 1. The fraction of sp³-hybridized carbons (Fsp3) is 0.125. The fourth-order valence-electron chi connectivity index (χ4n) is 1.80. The van der Waals surface area contributed by atoms with Gasteiger partial charge in [0, 0.05) is 11.8 Å². The number of amides is 1. The van der Waals surface area contributed by atoms with E-state index in [4.69, 9.17) is 5.11 Å². The van der Waals surface area contributed by atoms with E-state index in [1.807, 2.05) is 31.2 Å². The van der Waals surface area contributed by atoms with Gasteiger partial charge in [0.1, 0.15) is 11.5 Å². The van der Waals surface area contributed by atoms with E-state index in [0.29, 0.717) is 0 Å². The molecule has 0 saturated carbocycles. The van der Waals surface area contributed by atoms with Gasteiger partial charge in [-0.05, 0) is 18.6 Å². The van der Waals surface area contributed by atoms with Crippen molar-refractivity contribution in [3.05, 3.63) is 60.1 Å². The normalized spacial score (nSPS) is 10.1. The molecule has 5 nitrogen and oxygen atoms in total. The second kappa shape index (κ2) is 6.09. The largest absolute Gasteiger partial charge is 0.511 e. The Kier molecular flexibility index (Phi) is 4.23. The van der Waals surface area contributed by atoms with Crippen molar-refractivity contribution in [1.82, 2.24) is 10.3 Å². The SMILES string of the molecule is C=C(O)CNC(=O)c1ncc(-c2ccc(C)cc2)cc1O. The average molecular weight is 284 g/mol. The van der Waals surface area contributed by atoms with Crippen molar-refractivity contribution in [3.63, 3.8) is 0 Å². The third kappa shape index (κ3) is 3.60. The molecule has 0 radical (unpaired) electrons. The first kappa shape index (κ1) is 14.6. The van der Waals surface area contributed by atoms with Crippen molar-refractivity contribution in [3.8, 4) is 16.9 Å². The zero-order valence-corrected chi connectivity index (χ0v) is 11.6. The standard InChI is InChI=1S/C16H16N2O3/c1-10-3-5-12(6-4-10)13-7-14(20)15(17-9-13)16(21)18-8-11(2)19/h3-7,9,19-20H,2,8H2,1H3,(H,18,21). The molecule has 0 bridgehead atoms. The molecule has 1 heterocycles. The lowest BCUT2D eigenvalue weighted by Gasteiger charge is -2.07. The highest BCUT2D eigenvalue weighted by atomic mass is 16.3. The van der Waals surface area contributed by atoms with Crippen LogP contribution >= 0.6 is 0 Å². The summed E-state index contributed by atoms with van der Waals surface area (Å²) in [6.07, 6.45) is 1.52. The minimum Gasteiger partial charge on any atom is -0.511 e. The lowest BCUT2D eigenvalue weighted by Crippen LogP contribution is -2.26. The number of nitrogens with zero attached hydrogens (tertiary/aromatic N) is 1. The Labute approximate surface area is 122 Å². The first-order chi connectivity index (χ1) is 9.97. The van der Waals surface area contributed by atoms with Gasteiger partial charge in [0.05, 0.1) is 6.54 Å². The van der Waals surface area contributed by atoms with E-state index in [1.165, 1.54) is 12.3 Å². The van der Waals surface area contributed by atoms with Gasteiger partial charge in [0.25, 0.3) is 5.91 Å². The molecule has 5 heteroatoms. The molecule has 0 aliphatic heterocycles. The van der Waals surface area contributed by atoms with Gasteiger partial charge in [-0.3, -0.25) is 4.79 Å². The second-order valence-corrected chi connectivity index (χ2v) is 4.71. The molecule has 21 heavy (non-hydrogen) atoms. The second-order valence-electron chi connectivity index (χ2n) is 4.71. The number of carbonyl (C=O) groups is 1. The van der Waals surface area contributed by atoms with E-state index in [0.717, 1.165) is 16.7 Å². The number of hydrogen-bond donors (Lipinski definition) is 3. The van der Waals surface area contributed by atoms with Gasteiger partial charge in [0.15, 0.2) is 5.69 Å². The van der Waals surface area contributed by atoms with Crippen molar-refractivity contribution < 1.29 is 15.0 Å². The number of nitrogens with one attached hydrogen (secondary N) is 1. The van der Waals surface area contributed by atoms with E-state index in [9.17, 15) is 9.90 Å². The molecule has 0 fully saturated rings. The number of aliphatic hydroxyl groups excluding tert-OH is 1. The third-order valence-electron chi connectivity index (χ3n) is 2.92. The monoisotopic (exact) mass is 284 g/mol. The molecule has 1 amide bonds. The molecule has 1 aromatic heterocycles. The molecule has 0 aliphatic carbocycles. The minimum atomic E-state index is -0.571. The smallest absolute Gasteiger partial charge is 0.274 e. The van der Waals surface area contributed by atoms with Crippen LogP contribution in [-0.4, -0.2) is 27.6 Å². The van der Waals surface area contributed by atoms with E-state index < -0.39 is 5.91 Å². The van der Waals surface area contributed by atoms with Gasteiger partial charge >= 0.3 is 0 Å². The zero-order valence-electron chi connectivity index (χ0n) is 11.6. The summed E-state index contributed by atoms with van der Waals surface area (Å²) in [5.41, 5.74) is 2.66. The van der Waals surface area contributed by atoms with Crippen LogP contribution < -0.4 is 5.32 Å². The number of pyridine rings is 1. The minimum absolute atomic E-state index is 0.0837. The van der Waals surface area contributed by atoms with Gasteiger partial charge in [-0.25, -0.2) is 4.98 Å². The maximum absolute atomic E-state index is 11.8. The predicted molar refractivity (Wildman–Crippen MR) is 80.2 cm³/mol. The summed E-state index contributed by atoms with van der Waals surface area (Å²) in [6, 6.07) is 9.24. The summed E-state index contributed by atoms with van der Waals surface area (Å²) in [7, 11) is 0. The predicted octanol–water partition coefficient (Wildman–Crippen LogP) is 2.56. The van der Waals surface area contributed by atoms with Crippen LogP contribution in [0.15, 0.2) is 48.9 Å². The first-order valence-electron chi connectivity index (χ1n) is 6.38. The molecule has 0 unspecified atom stereocenters. The van der Waals surface area contributed by atoms with Crippen LogP contribution in [0.1, 0.15) is 16.1 Å². The van der Waals surface area contributed by atoms with Crippen molar-refractivity contribution >= 4 is 5.91 Å². The number of benzene rings is 1. The number of hydrogen-bond acceptors (Lipinski definition) is 4. The highest BCUT2D eigenvalue weighted by Crippen LogP contribution is 2.24. The van der Waals surface area contributed by atoms with Gasteiger partial charge in [-0.15, -0.1) is 0 Å². The Bertz CT molecular complexity index is 678. The van der Waals surface area contributed by atoms with Gasteiger partial charge < -0.3 is 15.5 Å². The average Bonchev–Trinajstić information content (AvgIpc) is 2.45. The third-order valence-corrected chi connectivity index (χ3v) is 2.92. The Morgan fingerprint density at radius 1 is 1.29 bits per heavy atom. The number of rotatable bonds is 4. The number of aryl methyl sites for hydroxylation is 1. The molecule has 1 aromatic carbocycles. The molecule has 0 saturated heterocycles. The molecule has 0 atom stereocenters. The quantitative estimate of drug-likeness (QED) is 0.754. The van der Waals surface area contributed by atoms with Crippen LogP contribution in [0.4, 0.5) is 0 Å². The van der Waals surface area contributed by atoms with Crippen LogP contribution in [0, 0.1) is 6.92 Å². The van der Waals surface area contributed by atoms with Crippen LogP contribution in [0.2, 0.25) is 0 Å². The fourth-order valence-corrected chi connectivity index (χ4v) is 1.80. The molecule has 2 rings (SSSR count). The van der Waals surface area contributed by atoms with Gasteiger partial charge in [0.2, 0.25) is 0 Å². The summed E-state index contributed by atoms with van der Waals surface area (Å²) >= 11 is 0. The first-order valence-corrected chi connectivity index (χ1v) is 6.38. The molecule has 3 N–H and O–H groups in total. The Hall–Kier alpha value is -2.82.